The zero-order chi connectivity index (χ0) is 12.5. The molecule has 1 heterocycles. The average molecular weight is 236 g/mol. The van der Waals surface area contributed by atoms with Gasteiger partial charge in [0, 0.05) is 5.69 Å². The van der Waals surface area contributed by atoms with Crippen LogP contribution < -0.4 is 0 Å². The highest BCUT2D eigenvalue weighted by Crippen LogP contribution is 2.34. The number of aryl methyl sites for hydroxylation is 2. The molecule has 1 fully saturated rings. The molecule has 1 aliphatic rings. The van der Waals surface area contributed by atoms with Crippen LogP contribution in [0.3, 0.4) is 0 Å². The van der Waals surface area contributed by atoms with Gasteiger partial charge in [-0.15, -0.1) is 0 Å². The molecule has 0 bridgehead atoms. The Morgan fingerprint density at radius 2 is 1.88 bits per heavy atom. The molecule has 0 aromatic carbocycles. The first-order valence-corrected chi connectivity index (χ1v) is 6.33. The van der Waals surface area contributed by atoms with Crippen molar-refractivity contribution < 1.29 is 9.90 Å². The largest absolute Gasteiger partial charge is 0.479 e. The minimum absolute atomic E-state index is 0.699. The van der Waals surface area contributed by atoms with Crippen LogP contribution >= 0.6 is 0 Å². The Morgan fingerprint density at radius 3 is 2.29 bits per heavy atom. The number of carboxylic acids is 1. The van der Waals surface area contributed by atoms with E-state index in [9.17, 15) is 9.90 Å². The van der Waals surface area contributed by atoms with Gasteiger partial charge in [0.15, 0.2) is 5.54 Å². The van der Waals surface area contributed by atoms with Gasteiger partial charge in [0.1, 0.15) is 0 Å². The second-order valence-corrected chi connectivity index (χ2v) is 5.09. The van der Waals surface area contributed by atoms with Crippen LogP contribution in [0.2, 0.25) is 0 Å². The predicted molar refractivity (Wildman–Crippen MR) is 65.0 cm³/mol. The molecular weight excluding hydrogens is 216 g/mol. The molecule has 4 nitrogen and oxygen atoms in total. The molecule has 94 valence electrons. The van der Waals surface area contributed by atoms with E-state index in [4.69, 9.17) is 0 Å². The van der Waals surface area contributed by atoms with Crippen molar-refractivity contribution in [3.05, 3.63) is 17.5 Å². The van der Waals surface area contributed by atoms with Crippen molar-refractivity contribution in [3.63, 3.8) is 0 Å². The number of hydrogen-bond acceptors (Lipinski definition) is 2. The third-order valence-electron chi connectivity index (χ3n) is 3.74. The van der Waals surface area contributed by atoms with Crippen molar-refractivity contribution in [3.8, 4) is 0 Å². The quantitative estimate of drug-likeness (QED) is 0.803. The number of aromatic nitrogens is 2. The van der Waals surface area contributed by atoms with Gasteiger partial charge in [0.25, 0.3) is 0 Å². The molecule has 17 heavy (non-hydrogen) atoms. The lowest BCUT2D eigenvalue weighted by atomic mass is 9.90. The summed E-state index contributed by atoms with van der Waals surface area (Å²) in [7, 11) is 0. The van der Waals surface area contributed by atoms with Crippen LogP contribution in [-0.2, 0) is 10.3 Å². The normalized spacial score (nSPS) is 19.9. The maximum absolute atomic E-state index is 11.7. The smallest absolute Gasteiger partial charge is 0.331 e. The van der Waals surface area contributed by atoms with E-state index in [-0.39, 0.29) is 0 Å². The third-order valence-corrected chi connectivity index (χ3v) is 3.74. The highest BCUT2D eigenvalue weighted by atomic mass is 16.4. The van der Waals surface area contributed by atoms with Crippen molar-refractivity contribution >= 4 is 5.97 Å². The minimum Gasteiger partial charge on any atom is -0.479 e. The molecule has 2 rings (SSSR count). The van der Waals surface area contributed by atoms with Crippen LogP contribution in [0.4, 0.5) is 0 Å². The number of aliphatic carboxylic acids is 1. The fourth-order valence-electron chi connectivity index (χ4n) is 2.89. The lowest BCUT2D eigenvalue weighted by molar-refractivity contribution is -0.149. The molecule has 0 atom stereocenters. The van der Waals surface area contributed by atoms with E-state index in [0.717, 1.165) is 37.1 Å². The fraction of sp³-hybridized carbons (Fsp3) is 0.692. The molecule has 1 aromatic rings. The van der Waals surface area contributed by atoms with E-state index in [0.29, 0.717) is 12.8 Å². The summed E-state index contributed by atoms with van der Waals surface area (Å²) in [6.07, 6.45) is 5.62. The standard InChI is InChI=1S/C13H20N2O2/c1-10-9-11(2)15(14-10)13(12(16)17)7-5-3-4-6-8-13/h9H,3-8H2,1-2H3,(H,16,17). The van der Waals surface area contributed by atoms with Crippen LogP contribution in [0.15, 0.2) is 6.07 Å². The lowest BCUT2D eigenvalue weighted by Gasteiger charge is -2.29. The number of rotatable bonds is 2. The Hall–Kier alpha value is -1.32. The molecule has 1 saturated carbocycles. The fourth-order valence-corrected chi connectivity index (χ4v) is 2.89. The summed E-state index contributed by atoms with van der Waals surface area (Å²) in [5.41, 5.74) is 1.04. The van der Waals surface area contributed by atoms with Crippen LogP contribution in [0, 0.1) is 13.8 Å². The average Bonchev–Trinajstić information content (AvgIpc) is 2.53. The van der Waals surface area contributed by atoms with Gasteiger partial charge < -0.3 is 5.11 Å². The summed E-state index contributed by atoms with van der Waals surface area (Å²) in [5.74, 6) is -0.731. The monoisotopic (exact) mass is 236 g/mol. The third kappa shape index (κ3) is 2.08. The Labute approximate surface area is 102 Å². The molecule has 1 aromatic heterocycles. The predicted octanol–water partition coefficient (Wildman–Crippen LogP) is 2.63. The summed E-state index contributed by atoms with van der Waals surface area (Å²) in [6.45, 7) is 3.85. The van der Waals surface area contributed by atoms with Gasteiger partial charge in [-0.3, -0.25) is 4.68 Å². The summed E-state index contributed by atoms with van der Waals surface area (Å²) in [4.78, 5) is 11.7. The Bertz CT molecular complexity index is 415. The highest BCUT2D eigenvalue weighted by molar-refractivity contribution is 5.76. The number of carbonyl (C=O) groups is 1. The number of hydrogen-bond donors (Lipinski definition) is 1. The van der Waals surface area contributed by atoms with Crippen LogP contribution in [-0.4, -0.2) is 20.9 Å². The molecule has 0 unspecified atom stereocenters. The summed E-state index contributed by atoms with van der Waals surface area (Å²) in [6, 6.07) is 1.95. The number of carboxylic acid groups (broad SMARTS) is 1. The molecule has 0 aliphatic heterocycles. The van der Waals surface area contributed by atoms with E-state index in [1.165, 1.54) is 0 Å². The van der Waals surface area contributed by atoms with Crippen LogP contribution in [0.25, 0.3) is 0 Å². The van der Waals surface area contributed by atoms with Gasteiger partial charge in [-0.1, -0.05) is 25.7 Å². The molecule has 1 aliphatic carbocycles. The highest BCUT2D eigenvalue weighted by Gasteiger charge is 2.42. The van der Waals surface area contributed by atoms with E-state index < -0.39 is 11.5 Å². The molecule has 0 amide bonds. The van der Waals surface area contributed by atoms with E-state index in [1.807, 2.05) is 19.9 Å². The maximum Gasteiger partial charge on any atom is 0.331 e. The number of nitrogens with zero attached hydrogens (tertiary/aromatic N) is 2. The molecule has 0 radical (unpaired) electrons. The van der Waals surface area contributed by atoms with E-state index in [2.05, 4.69) is 5.10 Å². The van der Waals surface area contributed by atoms with Gasteiger partial charge in [-0.2, -0.15) is 5.10 Å². The molecule has 1 N–H and O–H groups in total. The second-order valence-electron chi connectivity index (χ2n) is 5.09. The Morgan fingerprint density at radius 1 is 1.29 bits per heavy atom. The molecule has 0 saturated heterocycles. The molecule has 4 heteroatoms. The summed E-state index contributed by atoms with van der Waals surface area (Å²) >= 11 is 0. The second kappa shape index (κ2) is 4.51. The Balaban J connectivity index is 2.46. The van der Waals surface area contributed by atoms with Crippen LogP contribution in [0.1, 0.15) is 49.9 Å². The summed E-state index contributed by atoms with van der Waals surface area (Å²) in [5, 5.41) is 14.0. The van der Waals surface area contributed by atoms with Crippen molar-refractivity contribution in [2.45, 2.75) is 57.9 Å². The first-order chi connectivity index (χ1) is 8.06. The summed E-state index contributed by atoms with van der Waals surface area (Å²) < 4.78 is 1.75. The molecular formula is C13H20N2O2. The van der Waals surface area contributed by atoms with Gasteiger partial charge in [-0.25, -0.2) is 4.79 Å². The van der Waals surface area contributed by atoms with E-state index >= 15 is 0 Å². The van der Waals surface area contributed by atoms with Crippen LogP contribution in [0.5, 0.6) is 0 Å². The zero-order valence-electron chi connectivity index (χ0n) is 10.6. The zero-order valence-corrected chi connectivity index (χ0v) is 10.6. The van der Waals surface area contributed by atoms with Crippen molar-refractivity contribution in [2.75, 3.05) is 0 Å². The van der Waals surface area contributed by atoms with Crippen molar-refractivity contribution in [2.24, 2.45) is 0 Å². The first-order valence-electron chi connectivity index (χ1n) is 6.33. The SMILES string of the molecule is Cc1cc(C)n(C2(C(=O)O)CCCCCC2)n1. The maximum atomic E-state index is 11.7. The van der Waals surface area contributed by atoms with Crippen molar-refractivity contribution in [1.82, 2.24) is 9.78 Å². The topological polar surface area (TPSA) is 55.1 Å². The lowest BCUT2D eigenvalue weighted by Crippen LogP contribution is -2.43. The van der Waals surface area contributed by atoms with Gasteiger partial charge >= 0.3 is 5.97 Å². The van der Waals surface area contributed by atoms with E-state index in [1.54, 1.807) is 4.68 Å². The van der Waals surface area contributed by atoms with Gasteiger partial charge in [0.2, 0.25) is 0 Å². The van der Waals surface area contributed by atoms with Gasteiger partial charge in [-0.05, 0) is 32.8 Å². The van der Waals surface area contributed by atoms with Crippen molar-refractivity contribution in [1.29, 1.82) is 0 Å². The Kier molecular flexibility index (Phi) is 3.22. The molecule has 0 spiro atoms. The van der Waals surface area contributed by atoms with Gasteiger partial charge in [0.05, 0.1) is 5.69 Å². The first kappa shape index (κ1) is 12.1. The minimum atomic E-state index is -0.811.